The van der Waals surface area contributed by atoms with Gasteiger partial charge in [-0.15, -0.1) is 0 Å². The molecule has 3 N–H and O–H groups in total. The van der Waals surface area contributed by atoms with Crippen LogP contribution in [-0.4, -0.2) is 16.6 Å². The van der Waals surface area contributed by atoms with E-state index in [1.54, 1.807) is 6.20 Å². The van der Waals surface area contributed by atoms with Crippen LogP contribution in [0.1, 0.15) is 5.56 Å². The van der Waals surface area contributed by atoms with Crippen LogP contribution in [0.3, 0.4) is 0 Å². The van der Waals surface area contributed by atoms with Crippen molar-refractivity contribution in [1.82, 2.24) is 9.97 Å². The smallest absolute Gasteiger partial charge is 0.237 e. The van der Waals surface area contributed by atoms with Crippen LogP contribution in [0.25, 0.3) is 11.3 Å². The van der Waals surface area contributed by atoms with Gasteiger partial charge in [-0.2, -0.15) is 0 Å². The quantitative estimate of drug-likeness (QED) is 0.600. The number of nitrogen functional groups attached to an aromatic ring is 1. The normalized spacial score (nSPS) is 13.0. The molecule has 0 saturated carbocycles. The fraction of sp³-hybridized carbons (Fsp3) is 0.167. The molecule has 5 heteroatoms. The molecule has 2 heterocycles. The third-order valence-corrected chi connectivity index (χ3v) is 2.77. The van der Waals surface area contributed by atoms with E-state index in [0.717, 1.165) is 30.0 Å². The highest BCUT2D eigenvalue weighted by Crippen LogP contribution is 2.29. The van der Waals surface area contributed by atoms with Crippen molar-refractivity contribution >= 4 is 5.95 Å². The Morgan fingerprint density at radius 2 is 2.24 bits per heavy atom. The lowest BCUT2D eigenvalue weighted by atomic mass is 10.1. The lowest BCUT2D eigenvalue weighted by molar-refractivity contribution is 0.357. The molecule has 1 aromatic carbocycles. The summed E-state index contributed by atoms with van der Waals surface area (Å²) >= 11 is 0. The van der Waals surface area contributed by atoms with E-state index in [1.165, 1.54) is 5.56 Å². The molecule has 1 aliphatic heterocycles. The first-order chi connectivity index (χ1) is 8.36. The second kappa shape index (κ2) is 4.03. The van der Waals surface area contributed by atoms with Gasteiger partial charge in [0.15, 0.2) is 0 Å². The molecule has 0 radical (unpaired) electrons. The maximum absolute atomic E-state index is 5.47. The fourth-order valence-electron chi connectivity index (χ4n) is 1.93. The number of nitrogens with zero attached hydrogens (tertiary/aromatic N) is 2. The highest BCUT2D eigenvalue weighted by Gasteiger charge is 2.13. The summed E-state index contributed by atoms with van der Waals surface area (Å²) in [6.07, 6.45) is 2.64. The molecule has 0 saturated heterocycles. The molecule has 3 rings (SSSR count). The molecular weight excluding hydrogens is 216 g/mol. The average molecular weight is 228 g/mol. The molecule has 0 aliphatic carbocycles. The van der Waals surface area contributed by atoms with Crippen LogP contribution in [0.5, 0.6) is 5.75 Å². The van der Waals surface area contributed by atoms with Gasteiger partial charge in [0.05, 0.1) is 12.3 Å². The molecule has 0 fully saturated rings. The minimum Gasteiger partial charge on any atom is -0.493 e. The van der Waals surface area contributed by atoms with Crippen molar-refractivity contribution in [2.75, 3.05) is 12.0 Å². The monoisotopic (exact) mass is 228 g/mol. The molecule has 0 bridgehead atoms. The van der Waals surface area contributed by atoms with Gasteiger partial charge >= 0.3 is 0 Å². The number of benzene rings is 1. The third-order valence-electron chi connectivity index (χ3n) is 2.77. The highest BCUT2D eigenvalue weighted by atomic mass is 16.5. The number of fused-ring (bicyclic) bond motifs is 1. The Balaban J connectivity index is 2.03. The van der Waals surface area contributed by atoms with E-state index in [1.807, 2.05) is 18.2 Å². The summed E-state index contributed by atoms with van der Waals surface area (Å²) in [7, 11) is 0. The average Bonchev–Trinajstić information content (AvgIpc) is 2.86. The topological polar surface area (TPSA) is 73.1 Å². The van der Waals surface area contributed by atoms with E-state index in [2.05, 4.69) is 21.5 Å². The molecule has 1 aliphatic rings. The van der Waals surface area contributed by atoms with Crippen molar-refractivity contribution in [2.45, 2.75) is 6.42 Å². The number of nitrogens with one attached hydrogen (secondary N) is 1. The first kappa shape index (κ1) is 10.0. The second-order valence-corrected chi connectivity index (χ2v) is 3.83. The van der Waals surface area contributed by atoms with E-state index in [9.17, 15) is 0 Å². The molecule has 5 nitrogen and oxygen atoms in total. The zero-order chi connectivity index (χ0) is 11.7. The zero-order valence-electron chi connectivity index (χ0n) is 9.18. The molecule has 17 heavy (non-hydrogen) atoms. The van der Waals surface area contributed by atoms with Crippen molar-refractivity contribution in [3.63, 3.8) is 0 Å². The Morgan fingerprint density at radius 1 is 1.29 bits per heavy atom. The number of nitrogens with two attached hydrogens (primary N) is 1. The largest absolute Gasteiger partial charge is 0.493 e. The number of ether oxygens (including phenoxy) is 1. The predicted octanol–water partition coefficient (Wildman–Crippen LogP) is 1.36. The van der Waals surface area contributed by atoms with Gasteiger partial charge in [0.2, 0.25) is 5.95 Å². The van der Waals surface area contributed by atoms with Crippen LogP contribution in [0, 0.1) is 0 Å². The minimum absolute atomic E-state index is 0.416. The van der Waals surface area contributed by atoms with Gasteiger partial charge in [-0.3, -0.25) is 5.43 Å². The molecule has 86 valence electrons. The minimum atomic E-state index is 0.416. The Bertz CT molecular complexity index is 556. The molecule has 0 atom stereocenters. The van der Waals surface area contributed by atoms with Crippen LogP contribution < -0.4 is 16.0 Å². The number of aromatic nitrogens is 2. The van der Waals surface area contributed by atoms with Gasteiger partial charge in [0, 0.05) is 18.2 Å². The van der Waals surface area contributed by atoms with E-state index in [-0.39, 0.29) is 0 Å². The standard InChI is InChI=1S/C12H12N4O/c13-16-12-14-5-3-10(15-12)8-1-2-11-9(7-8)4-6-17-11/h1-3,5,7H,4,6,13H2,(H,14,15,16). The Hall–Kier alpha value is -2.14. The maximum atomic E-state index is 5.47. The number of hydrogen-bond acceptors (Lipinski definition) is 5. The summed E-state index contributed by atoms with van der Waals surface area (Å²) < 4.78 is 5.47. The SMILES string of the molecule is NNc1nccc(-c2ccc3c(c2)CCO3)n1. The zero-order valence-corrected chi connectivity index (χ0v) is 9.18. The van der Waals surface area contributed by atoms with E-state index in [0.29, 0.717) is 5.95 Å². The van der Waals surface area contributed by atoms with Crippen molar-refractivity contribution in [3.05, 3.63) is 36.0 Å². The van der Waals surface area contributed by atoms with E-state index >= 15 is 0 Å². The van der Waals surface area contributed by atoms with Crippen LogP contribution in [0.15, 0.2) is 30.5 Å². The Labute approximate surface area is 98.6 Å². The number of hydrogen-bond donors (Lipinski definition) is 2. The Morgan fingerprint density at radius 3 is 3.12 bits per heavy atom. The molecule has 0 unspecified atom stereocenters. The lowest BCUT2D eigenvalue weighted by Gasteiger charge is -2.05. The van der Waals surface area contributed by atoms with Gasteiger partial charge < -0.3 is 4.74 Å². The highest BCUT2D eigenvalue weighted by molar-refractivity contribution is 5.63. The molecule has 1 aromatic heterocycles. The van der Waals surface area contributed by atoms with Gasteiger partial charge in [-0.05, 0) is 29.8 Å². The molecular formula is C12H12N4O. The van der Waals surface area contributed by atoms with Crippen molar-refractivity contribution in [2.24, 2.45) is 5.84 Å². The summed E-state index contributed by atoms with van der Waals surface area (Å²) in [6, 6.07) is 7.94. The van der Waals surface area contributed by atoms with Crippen LogP contribution in [-0.2, 0) is 6.42 Å². The first-order valence-electron chi connectivity index (χ1n) is 5.42. The van der Waals surface area contributed by atoms with E-state index in [4.69, 9.17) is 10.6 Å². The van der Waals surface area contributed by atoms with Crippen molar-refractivity contribution < 1.29 is 4.74 Å². The molecule has 0 spiro atoms. The summed E-state index contributed by atoms with van der Waals surface area (Å²) in [5, 5.41) is 0. The molecule has 0 amide bonds. The summed E-state index contributed by atoms with van der Waals surface area (Å²) in [4.78, 5) is 8.28. The summed E-state index contributed by atoms with van der Waals surface area (Å²) in [5.41, 5.74) is 5.57. The number of anilines is 1. The number of rotatable bonds is 2. The van der Waals surface area contributed by atoms with Gasteiger partial charge in [-0.1, -0.05) is 0 Å². The van der Waals surface area contributed by atoms with Gasteiger partial charge in [-0.25, -0.2) is 15.8 Å². The lowest BCUT2D eigenvalue weighted by Crippen LogP contribution is -2.10. The number of hydrazine groups is 1. The molecule has 2 aromatic rings. The van der Waals surface area contributed by atoms with Gasteiger partial charge in [0.25, 0.3) is 0 Å². The summed E-state index contributed by atoms with van der Waals surface area (Å²) in [6.45, 7) is 0.762. The van der Waals surface area contributed by atoms with Crippen LogP contribution in [0.2, 0.25) is 0 Å². The summed E-state index contributed by atoms with van der Waals surface area (Å²) in [5.74, 6) is 6.68. The Kier molecular flexibility index (Phi) is 2.38. The predicted molar refractivity (Wildman–Crippen MR) is 64.5 cm³/mol. The maximum Gasteiger partial charge on any atom is 0.237 e. The van der Waals surface area contributed by atoms with Crippen LogP contribution in [0.4, 0.5) is 5.95 Å². The van der Waals surface area contributed by atoms with Gasteiger partial charge in [0.1, 0.15) is 5.75 Å². The van der Waals surface area contributed by atoms with Crippen molar-refractivity contribution in [3.8, 4) is 17.0 Å². The first-order valence-corrected chi connectivity index (χ1v) is 5.42. The van der Waals surface area contributed by atoms with Crippen molar-refractivity contribution in [1.29, 1.82) is 0 Å². The van der Waals surface area contributed by atoms with Crippen LogP contribution >= 0.6 is 0 Å². The van der Waals surface area contributed by atoms with E-state index < -0.39 is 0 Å². The third kappa shape index (κ3) is 1.81. The fourth-order valence-corrected chi connectivity index (χ4v) is 1.93. The second-order valence-electron chi connectivity index (χ2n) is 3.83.